The fraction of sp³-hybridized carbons (Fsp3) is 0.873. The van der Waals surface area contributed by atoms with E-state index in [2.05, 4.69) is 32.9 Å². The Morgan fingerprint density at radius 1 is 0.427 bits per heavy atom. The quantitative estimate of drug-likeness (QED) is 0.00513. The van der Waals surface area contributed by atoms with Gasteiger partial charge in [0.05, 0.1) is 13.2 Å². The number of hydrogen-bond donors (Lipinski definition) is 11. The predicted molar refractivity (Wildman–Crippen MR) is 361 cm³/mol. The average Bonchev–Trinajstić information content (AvgIpc) is 0.765. The van der Waals surface area contributed by atoms with Crippen molar-refractivity contribution in [1.82, 2.24) is 0 Å². The zero-order chi connectivity index (χ0) is 70.4. The summed E-state index contributed by atoms with van der Waals surface area (Å²) >= 11 is 0. The Labute approximate surface area is 572 Å². The maximum Gasteiger partial charge on any atom is 0.472 e. The lowest BCUT2D eigenvalue weighted by atomic mass is 9.84. The van der Waals surface area contributed by atoms with E-state index < -0.39 is 156 Å². The first-order valence-electron chi connectivity index (χ1n) is 36.8. The van der Waals surface area contributed by atoms with Crippen LogP contribution in [0.25, 0.3) is 0 Å². The van der Waals surface area contributed by atoms with Gasteiger partial charge in [-0.1, -0.05) is 231 Å². The number of ether oxygens (including phenoxy) is 7. The molecule has 3 aliphatic rings. The number of hydrogen-bond acceptors (Lipinski definition) is 23. The molecule has 0 aromatic rings. The molecule has 0 aromatic heterocycles. The second kappa shape index (κ2) is 53.1. The monoisotopic (exact) mass is 1390 g/mol. The molecule has 560 valence electrons. The van der Waals surface area contributed by atoms with Gasteiger partial charge in [-0.05, 0) is 51.4 Å². The van der Waals surface area contributed by atoms with Gasteiger partial charge < -0.3 is 89.1 Å². The average molecular weight is 1400 g/mol. The van der Waals surface area contributed by atoms with Gasteiger partial charge in [-0.15, -0.1) is 0 Å². The first-order chi connectivity index (χ1) is 46.3. The van der Waals surface area contributed by atoms with E-state index in [0.29, 0.717) is 12.8 Å². The Bertz CT molecular complexity index is 2140. The molecule has 0 radical (unpaired) electrons. The molecule has 0 amide bonds. The number of unbranched alkanes of at least 4 members (excludes halogenated alkanes) is 32. The zero-order valence-corrected chi connectivity index (χ0v) is 59.0. The molecule has 11 N–H and O–H groups in total. The van der Waals surface area contributed by atoms with Crippen molar-refractivity contribution in [2.45, 2.75) is 369 Å². The number of allylic oxidation sites excluding steroid dienone is 5. The summed E-state index contributed by atoms with van der Waals surface area (Å²) in [7, 11) is -5.71. The molecule has 25 heteroatoms. The number of carbonyl (C=O) groups is 3. The number of phosphoric acid groups is 1. The van der Waals surface area contributed by atoms with E-state index in [4.69, 9.17) is 42.2 Å². The fourth-order valence-corrected chi connectivity index (χ4v) is 12.9. The van der Waals surface area contributed by atoms with Gasteiger partial charge in [-0.2, -0.15) is 0 Å². The van der Waals surface area contributed by atoms with Crippen molar-refractivity contribution in [2.75, 3.05) is 26.4 Å². The molecule has 0 aromatic carbocycles. The van der Waals surface area contributed by atoms with Crippen LogP contribution in [0.15, 0.2) is 36.5 Å². The lowest BCUT2D eigenvalue weighted by molar-refractivity contribution is -0.360. The summed E-state index contributed by atoms with van der Waals surface area (Å²) in [5.41, 5.74) is 0. The highest BCUT2D eigenvalue weighted by Gasteiger charge is 2.58. The largest absolute Gasteiger partial charge is 0.472 e. The third-order valence-corrected chi connectivity index (χ3v) is 19.0. The van der Waals surface area contributed by atoms with Crippen LogP contribution in [0.4, 0.5) is 0 Å². The van der Waals surface area contributed by atoms with E-state index in [1.165, 1.54) is 115 Å². The van der Waals surface area contributed by atoms with Crippen molar-refractivity contribution < 1.29 is 117 Å². The summed E-state index contributed by atoms with van der Waals surface area (Å²) in [6.45, 7) is 3.29. The number of esters is 3. The number of carbonyl (C=O) groups excluding carboxylic acids is 3. The minimum atomic E-state index is -5.71. The van der Waals surface area contributed by atoms with Gasteiger partial charge in [0.1, 0.15) is 98.7 Å². The van der Waals surface area contributed by atoms with Crippen LogP contribution in [0, 0.1) is 0 Å². The number of aliphatic hydroxyl groups is 10. The lowest BCUT2D eigenvalue weighted by Gasteiger charge is -2.49. The van der Waals surface area contributed by atoms with Crippen molar-refractivity contribution in [3.8, 4) is 0 Å². The highest BCUT2D eigenvalue weighted by Crippen LogP contribution is 2.49. The van der Waals surface area contributed by atoms with Crippen molar-refractivity contribution in [1.29, 1.82) is 0 Å². The molecule has 1 aliphatic carbocycles. The zero-order valence-electron chi connectivity index (χ0n) is 58.2. The number of phosphoric ester groups is 1. The summed E-state index contributed by atoms with van der Waals surface area (Å²) in [5, 5.41) is 110. The SMILES string of the molecule is CCCCCC/C=C\CCCCCCCCCC(=O)OCC1OC(OC2C(O)C(O)C(O)C(OC3OC(CO)C(O)C(O)C3O)C2OP(=O)(O)OCC(COC(=O)/C=C/C=C/CCCCCCCCCCCCC)OC(=O)CCCCCCCCCCCCC)C(O)C(O)C1O. The molecule has 2 saturated heterocycles. The molecule has 24 nitrogen and oxygen atoms in total. The van der Waals surface area contributed by atoms with Crippen molar-refractivity contribution in [3.63, 3.8) is 0 Å². The van der Waals surface area contributed by atoms with Crippen LogP contribution in [0.1, 0.15) is 265 Å². The molecule has 0 bridgehead atoms. The molecular formula is C71H127O24P. The molecule has 3 fully saturated rings. The van der Waals surface area contributed by atoms with E-state index in [1.807, 2.05) is 6.08 Å². The van der Waals surface area contributed by atoms with E-state index in [1.54, 1.807) is 6.08 Å². The van der Waals surface area contributed by atoms with Gasteiger partial charge in [0.15, 0.2) is 18.7 Å². The second-order valence-electron chi connectivity index (χ2n) is 26.4. The van der Waals surface area contributed by atoms with Crippen LogP contribution in [-0.4, -0.2) is 204 Å². The highest BCUT2D eigenvalue weighted by molar-refractivity contribution is 7.47. The summed E-state index contributed by atoms with van der Waals surface area (Å²) in [5.74, 6) is -2.25. The van der Waals surface area contributed by atoms with Crippen LogP contribution in [-0.2, 0) is 61.2 Å². The van der Waals surface area contributed by atoms with Gasteiger partial charge in [-0.25, -0.2) is 9.36 Å². The Kier molecular flexibility index (Phi) is 48.3. The molecule has 2 heterocycles. The third-order valence-electron chi connectivity index (χ3n) is 18.0. The topological polar surface area (TPSA) is 374 Å². The predicted octanol–water partition coefficient (Wildman–Crippen LogP) is 9.51. The highest BCUT2D eigenvalue weighted by atomic mass is 31.2. The van der Waals surface area contributed by atoms with Crippen LogP contribution >= 0.6 is 7.82 Å². The van der Waals surface area contributed by atoms with Crippen LogP contribution in [0.3, 0.4) is 0 Å². The Morgan fingerprint density at radius 3 is 1.27 bits per heavy atom. The van der Waals surface area contributed by atoms with Crippen LogP contribution < -0.4 is 0 Å². The molecule has 96 heavy (non-hydrogen) atoms. The van der Waals surface area contributed by atoms with Gasteiger partial charge in [0, 0.05) is 18.9 Å². The lowest BCUT2D eigenvalue weighted by Crippen LogP contribution is -2.69. The molecule has 0 spiro atoms. The van der Waals surface area contributed by atoms with Gasteiger partial charge in [0.25, 0.3) is 0 Å². The van der Waals surface area contributed by atoms with Crippen molar-refractivity contribution in [2.24, 2.45) is 0 Å². The fourth-order valence-electron chi connectivity index (χ4n) is 12.0. The Morgan fingerprint density at radius 2 is 0.812 bits per heavy atom. The first kappa shape index (κ1) is 87.4. The minimum Gasteiger partial charge on any atom is -0.463 e. The molecule has 18 atom stereocenters. The number of aliphatic hydroxyl groups excluding tert-OH is 10. The van der Waals surface area contributed by atoms with Gasteiger partial charge in [0.2, 0.25) is 0 Å². The second-order valence-corrected chi connectivity index (χ2v) is 27.8. The molecule has 18 unspecified atom stereocenters. The first-order valence-corrected chi connectivity index (χ1v) is 38.3. The number of rotatable bonds is 56. The summed E-state index contributed by atoms with van der Waals surface area (Å²) in [6.07, 6.45) is 14.4. The Hall–Kier alpha value is -2.82. The smallest absolute Gasteiger partial charge is 0.463 e. The normalized spacial score (nSPS) is 28.1. The molecule has 3 rings (SSSR count). The minimum absolute atomic E-state index is 0.0200. The van der Waals surface area contributed by atoms with E-state index in [9.17, 15) is 74.9 Å². The summed E-state index contributed by atoms with van der Waals surface area (Å²) < 4.78 is 64.7. The third kappa shape index (κ3) is 36.2. The molecule has 1 saturated carbocycles. The summed E-state index contributed by atoms with van der Waals surface area (Å²) in [6, 6.07) is 0. The molecule has 2 aliphatic heterocycles. The maximum atomic E-state index is 14.3. The van der Waals surface area contributed by atoms with Crippen molar-refractivity contribution in [3.05, 3.63) is 36.5 Å². The summed E-state index contributed by atoms with van der Waals surface area (Å²) in [4.78, 5) is 50.7. The van der Waals surface area contributed by atoms with Gasteiger partial charge >= 0.3 is 25.7 Å². The van der Waals surface area contributed by atoms with E-state index in [0.717, 1.165) is 115 Å². The van der Waals surface area contributed by atoms with Crippen LogP contribution in [0.5, 0.6) is 0 Å². The van der Waals surface area contributed by atoms with E-state index >= 15 is 0 Å². The van der Waals surface area contributed by atoms with Gasteiger partial charge in [-0.3, -0.25) is 18.6 Å². The van der Waals surface area contributed by atoms with Crippen molar-refractivity contribution >= 4 is 25.7 Å². The maximum absolute atomic E-state index is 14.3. The van der Waals surface area contributed by atoms with E-state index in [-0.39, 0.29) is 12.8 Å². The molecular weight excluding hydrogens is 1270 g/mol. The Balaban J connectivity index is 1.75. The standard InChI is InChI=1S/C71H127O24P/c1-4-7-10-13-16-19-22-24-26-28-31-33-36-39-42-45-55(73)87-49-52(90-57(75)47-44-41-38-35-30-21-18-15-12-9-6-3)50-89-96(85,86)95-69-67(93-70-65(83)60(78)58(76)53(48-72)91-70)63(81)62(80)64(82)68(69)94-71-66(84)61(79)59(77)54(92-71)51-88-56(74)46-43-40-37-34-32-29-27-25-23-20-17-14-11-8-5-2/h20,23,36,39,42,45,52-54,58-72,76-84H,4-19,21-22,24-35,37-38,40-41,43-44,46-51H2,1-3H3,(H,85,86)/b23-20-,39-36+,45-42+. The van der Waals surface area contributed by atoms with Crippen LogP contribution in [0.2, 0.25) is 0 Å².